The molecule has 1 aromatic carbocycles. The molecule has 6 nitrogen and oxygen atoms in total. The Morgan fingerprint density at radius 3 is 2.71 bits per heavy atom. The largest absolute Gasteiger partial charge is 0.383 e. The van der Waals surface area contributed by atoms with E-state index in [4.69, 9.17) is 0 Å². The van der Waals surface area contributed by atoms with Crippen molar-refractivity contribution < 1.29 is 14.1 Å². The fourth-order valence-electron chi connectivity index (χ4n) is 2.22. The number of carbonyl (C=O) groups excluding carboxylic acids is 1. The predicted molar refractivity (Wildman–Crippen MR) is 76.8 cm³/mol. The standard InChI is InChI=1S/C14H18FN3O3/c1-3-16-12-5-10(13(18(20)21)6-11(12)15)14(19)17-7-9-4-8(9)2/h5-6,8-9,16H,3-4,7H2,1-2H3,(H,17,19). The lowest BCUT2D eigenvalue weighted by molar-refractivity contribution is -0.385. The van der Waals surface area contributed by atoms with E-state index in [-0.39, 0.29) is 11.3 Å². The van der Waals surface area contributed by atoms with Crippen LogP contribution in [0.5, 0.6) is 0 Å². The minimum absolute atomic E-state index is 0.0908. The molecular formula is C14H18FN3O3. The molecule has 1 aromatic rings. The van der Waals surface area contributed by atoms with Crippen LogP contribution in [0.25, 0.3) is 0 Å². The van der Waals surface area contributed by atoms with Crippen LogP contribution in [-0.2, 0) is 0 Å². The molecule has 1 fully saturated rings. The van der Waals surface area contributed by atoms with Crippen LogP contribution in [0.1, 0.15) is 30.6 Å². The Balaban J connectivity index is 2.23. The van der Waals surface area contributed by atoms with E-state index in [0.29, 0.717) is 24.9 Å². The van der Waals surface area contributed by atoms with Gasteiger partial charge in [-0.1, -0.05) is 6.92 Å². The summed E-state index contributed by atoms with van der Waals surface area (Å²) in [5.41, 5.74) is -0.547. The Morgan fingerprint density at radius 1 is 1.52 bits per heavy atom. The second-order valence-electron chi connectivity index (χ2n) is 5.32. The van der Waals surface area contributed by atoms with Gasteiger partial charge in [-0.15, -0.1) is 0 Å². The summed E-state index contributed by atoms with van der Waals surface area (Å²) in [7, 11) is 0. The number of carbonyl (C=O) groups is 1. The van der Waals surface area contributed by atoms with Crippen molar-refractivity contribution in [2.24, 2.45) is 11.8 Å². The number of halogens is 1. The second kappa shape index (κ2) is 6.07. The molecule has 0 radical (unpaired) electrons. The van der Waals surface area contributed by atoms with E-state index in [2.05, 4.69) is 17.6 Å². The van der Waals surface area contributed by atoms with Gasteiger partial charge in [-0.2, -0.15) is 0 Å². The van der Waals surface area contributed by atoms with Crippen molar-refractivity contribution in [3.05, 3.63) is 33.6 Å². The van der Waals surface area contributed by atoms with Crippen molar-refractivity contribution in [2.75, 3.05) is 18.4 Å². The van der Waals surface area contributed by atoms with E-state index in [9.17, 15) is 19.3 Å². The van der Waals surface area contributed by atoms with Crippen molar-refractivity contribution in [1.82, 2.24) is 5.32 Å². The van der Waals surface area contributed by atoms with E-state index < -0.39 is 22.3 Å². The highest BCUT2D eigenvalue weighted by atomic mass is 19.1. The zero-order chi connectivity index (χ0) is 15.6. The third-order valence-corrected chi connectivity index (χ3v) is 3.69. The molecule has 0 bridgehead atoms. The van der Waals surface area contributed by atoms with Gasteiger partial charge in [0, 0.05) is 13.1 Å². The first-order chi connectivity index (χ1) is 9.93. The van der Waals surface area contributed by atoms with E-state index >= 15 is 0 Å². The van der Waals surface area contributed by atoms with Gasteiger partial charge in [0.15, 0.2) is 5.82 Å². The van der Waals surface area contributed by atoms with Crippen LogP contribution in [-0.4, -0.2) is 23.9 Å². The maximum absolute atomic E-state index is 13.7. The van der Waals surface area contributed by atoms with Crippen molar-refractivity contribution in [3.63, 3.8) is 0 Å². The van der Waals surface area contributed by atoms with Gasteiger partial charge in [0.05, 0.1) is 16.7 Å². The highest BCUT2D eigenvalue weighted by molar-refractivity contribution is 5.99. The lowest BCUT2D eigenvalue weighted by Gasteiger charge is -2.09. The summed E-state index contributed by atoms with van der Waals surface area (Å²) in [6.45, 7) is 4.80. The van der Waals surface area contributed by atoms with Gasteiger partial charge >= 0.3 is 0 Å². The summed E-state index contributed by atoms with van der Waals surface area (Å²) >= 11 is 0. The molecule has 2 atom stereocenters. The van der Waals surface area contributed by atoms with Gasteiger partial charge in [-0.3, -0.25) is 14.9 Å². The quantitative estimate of drug-likeness (QED) is 0.624. The summed E-state index contributed by atoms with van der Waals surface area (Å²) in [6, 6.07) is 1.98. The Bertz CT molecular complexity index is 577. The predicted octanol–water partition coefficient (Wildman–Crippen LogP) is 2.55. The van der Waals surface area contributed by atoms with Crippen LogP contribution in [0.2, 0.25) is 0 Å². The summed E-state index contributed by atoms with van der Waals surface area (Å²) in [5.74, 6) is -0.275. The molecule has 1 aliphatic rings. The SMILES string of the molecule is CCNc1cc(C(=O)NCC2CC2C)c([N+](=O)[O-])cc1F. The molecule has 0 saturated heterocycles. The Labute approximate surface area is 121 Å². The van der Waals surface area contributed by atoms with Crippen molar-refractivity contribution >= 4 is 17.3 Å². The number of rotatable bonds is 6. The molecule has 1 aliphatic carbocycles. The zero-order valence-corrected chi connectivity index (χ0v) is 12.0. The van der Waals surface area contributed by atoms with E-state index in [1.807, 2.05) is 0 Å². The Hall–Kier alpha value is -2.18. The molecule has 7 heteroatoms. The van der Waals surface area contributed by atoms with Crippen molar-refractivity contribution in [1.29, 1.82) is 0 Å². The first-order valence-electron chi connectivity index (χ1n) is 6.94. The molecule has 21 heavy (non-hydrogen) atoms. The van der Waals surface area contributed by atoms with Crippen LogP contribution < -0.4 is 10.6 Å². The molecule has 2 rings (SSSR count). The van der Waals surface area contributed by atoms with E-state index in [0.717, 1.165) is 12.5 Å². The van der Waals surface area contributed by atoms with Gasteiger partial charge < -0.3 is 10.6 Å². The molecule has 1 amide bonds. The first kappa shape index (κ1) is 15.2. The Kier molecular flexibility index (Phi) is 4.40. The normalized spacial score (nSPS) is 20.0. The molecule has 0 spiro atoms. The van der Waals surface area contributed by atoms with Crippen molar-refractivity contribution in [2.45, 2.75) is 20.3 Å². The molecule has 114 valence electrons. The summed E-state index contributed by atoms with van der Waals surface area (Å²) in [6.07, 6.45) is 1.05. The van der Waals surface area contributed by atoms with Gasteiger partial charge in [0.1, 0.15) is 5.56 Å². The lowest BCUT2D eigenvalue weighted by atomic mass is 10.1. The molecular weight excluding hydrogens is 277 g/mol. The van der Waals surface area contributed by atoms with Crippen LogP contribution >= 0.6 is 0 Å². The lowest BCUT2D eigenvalue weighted by Crippen LogP contribution is -2.27. The number of benzene rings is 1. The molecule has 2 unspecified atom stereocenters. The number of amides is 1. The third kappa shape index (κ3) is 3.48. The van der Waals surface area contributed by atoms with Crippen LogP contribution in [0.3, 0.4) is 0 Å². The number of nitrogens with one attached hydrogen (secondary N) is 2. The molecule has 1 saturated carbocycles. The highest BCUT2D eigenvalue weighted by Gasteiger charge is 2.33. The average Bonchev–Trinajstić information content (AvgIpc) is 3.14. The topological polar surface area (TPSA) is 84.3 Å². The summed E-state index contributed by atoms with van der Waals surface area (Å²) in [5, 5.41) is 16.4. The summed E-state index contributed by atoms with van der Waals surface area (Å²) < 4.78 is 13.7. The maximum Gasteiger partial charge on any atom is 0.285 e. The van der Waals surface area contributed by atoms with Crippen LogP contribution in [0.4, 0.5) is 15.8 Å². The fourth-order valence-corrected chi connectivity index (χ4v) is 2.22. The minimum Gasteiger partial charge on any atom is -0.383 e. The highest BCUT2D eigenvalue weighted by Crippen LogP contribution is 2.37. The fraction of sp³-hybridized carbons (Fsp3) is 0.500. The number of hydrogen-bond acceptors (Lipinski definition) is 4. The zero-order valence-electron chi connectivity index (χ0n) is 12.0. The second-order valence-corrected chi connectivity index (χ2v) is 5.32. The Morgan fingerprint density at radius 2 is 2.19 bits per heavy atom. The number of nitro benzene ring substituents is 1. The van der Waals surface area contributed by atoms with Gasteiger partial charge in [0.25, 0.3) is 11.6 Å². The number of anilines is 1. The van der Waals surface area contributed by atoms with E-state index in [1.165, 1.54) is 6.07 Å². The van der Waals surface area contributed by atoms with Crippen molar-refractivity contribution in [3.8, 4) is 0 Å². The number of nitrogens with zero attached hydrogens (tertiary/aromatic N) is 1. The smallest absolute Gasteiger partial charge is 0.285 e. The van der Waals surface area contributed by atoms with Crippen LogP contribution in [0.15, 0.2) is 12.1 Å². The van der Waals surface area contributed by atoms with E-state index in [1.54, 1.807) is 6.92 Å². The molecule has 0 aliphatic heterocycles. The van der Waals surface area contributed by atoms with Gasteiger partial charge in [-0.25, -0.2) is 4.39 Å². The van der Waals surface area contributed by atoms with Gasteiger partial charge in [0.2, 0.25) is 0 Å². The molecule has 0 heterocycles. The monoisotopic (exact) mass is 295 g/mol. The van der Waals surface area contributed by atoms with Crippen LogP contribution in [0, 0.1) is 27.8 Å². The van der Waals surface area contributed by atoms with Gasteiger partial charge in [-0.05, 0) is 31.2 Å². The average molecular weight is 295 g/mol. The maximum atomic E-state index is 13.7. The number of hydrogen-bond donors (Lipinski definition) is 2. The summed E-state index contributed by atoms with van der Waals surface area (Å²) in [4.78, 5) is 22.4. The third-order valence-electron chi connectivity index (χ3n) is 3.69. The first-order valence-corrected chi connectivity index (χ1v) is 6.94. The number of nitro groups is 1. The minimum atomic E-state index is -0.743. The molecule has 0 aromatic heterocycles. The molecule has 2 N–H and O–H groups in total.